The molecule has 3 aromatic rings. The Balaban J connectivity index is 1.97. The van der Waals surface area contributed by atoms with Crippen LogP contribution in [0.4, 0.5) is 0 Å². The van der Waals surface area contributed by atoms with Gasteiger partial charge in [-0.15, -0.1) is 0 Å². The van der Waals surface area contributed by atoms with E-state index in [1.54, 1.807) is 49.6 Å². The maximum atomic E-state index is 12.5. The van der Waals surface area contributed by atoms with Gasteiger partial charge in [-0.3, -0.25) is 4.79 Å². The largest absolute Gasteiger partial charge is 0.497 e. The smallest absolute Gasteiger partial charge is 0.235 e. The topological polar surface area (TPSA) is 57.9 Å². The first-order valence-electron chi connectivity index (χ1n) is 7.21. The van der Waals surface area contributed by atoms with E-state index in [0.29, 0.717) is 34.8 Å². The van der Waals surface area contributed by atoms with Crippen LogP contribution < -0.4 is 19.6 Å². The van der Waals surface area contributed by atoms with Crippen molar-refractivity contribution in [1.29, 1.82) is 0 Å². The Hall–Kier alpha value is -2.95. The predicted octanol–water partition coefficient (Wildman–Crippen LogP) is 3.99. The summed E-state index contributed by atoms with van der Waals surface area (Å²) in [5.41, 5.74) is 0.219. The number of hydrogen-bond donors (Lipinski definition) is 0. The van der Waals surface area contributed by atoms with E-state index in [1.807, 2.05) is 6.92 Å². The van der Waals surface area contributed by atoms with E-state index < -0.39 is 0 Å². The zero-order valence-corrected chi connectivity index (χ0v) is 12.9. The SMILES string of the molecule is CCOc1ccc2c(=O)c(Oc3cccc(OC)c3)coc2c1. The third-order valence-corrected chi connectivity index (χ3v) is 3.29. The molecule has 3 rings (SSSR count). The van der Waals surface area contributed by atoms with Crippen LogP contribution >= 0.6 is 0 Å². The van der Waals surface area contributed by atoms with Crippen molar-refractivity contribution in [2.75, 3.05) is 13.7 Å². The molecule has 0 aliphatic rings. The van der Waals surface area contributed by atoms with Crippen molar-refractivity contribution < 1.29 is 18.6 Å². The monoisotopic (exact) mass is 312 g/mol. The molecule has 23 heavy (non-hydrogen) atoms. The molecule has 2 aromatic carbocycles. The van der Waals surface area contributed by atoms with Gasteiger partial charge in [-0.1, -0.05) is 6.07 Å². The Morgan fingerprint density at radius 2 is 1.87 bits per heavy atom. The Morgan fingerprint density at radius 1 is 1.04 bits per heavy atom. The fourth-order valence-electron chi connectivity index (χ4n) is 2.21. The Bertz CT molecular complexity index is 882. The van der Waals surface area contributed by atoms with E-state index in [-0.39, 0.29) is 11.2 Å². The molecule has 118 valence electrons. The predicted molar refractivity (Wildman–Crippen MR) is 86.7 cm³/mol. The van der Waals surface area contributed by atoms with E-state index in [2.05, 4.69) is 0 Å². The van der Waals surface area contributed by atoms with Gasteiger partial charge in [0.1, 0.15) is 29.1 Å². The number of hydrogen-bond acceptors (Lipinski definition) is 5. The molecule has 0 aliphatic carbocycles. The molecular weight excluding hydrogens is 296 g/mol. The van der Waals surface area contributed by atoms with E-state index in [4.69, 9.17) is 18.6 Å². The van der Waals surface area contributed by atoms with Crippen LogP contribution in [0.1, 0.15) is 6.92 Å². The summed E-state index contributed by atoms with van der Waals surface area (Å²) in [4.78, 5) is 12.5. The van der Waals surface area contributed by atoms with Crippen molar-refractivity contribution >= 4 is 11.0 Å². The molecule has 1 aromatic heterocycles. The molecule has 0 N–H and O–H groups in total. The summed E-state index contributed by atoms with van der Waals surface area (Å²) in [7, 11) is 1.57. The zero-order chi connectivity index (χ0) is 16.2. The highest BCUT2D eigenvalue weighted by Gasteiger charge is 2.10. The van der Waals surface area contributed by atoms with Crippen LogP contribution in [-0.4, -0.2) is 13.7 Å². The Labute approximate surface area is 133 Å². The van der Waals surface area contributed by atoms with Crippen molar-refractivity contribution in [3.05, 3.63) is 59.0 Å². The van der Waals surface area contributed by atoms with Crippen LogP contribution in [0.5, 0.6) is 23.0 Å². The molecule has 0 unspecified atom stereocenters. The van der Waals surface area contributed by atoms with E-state index in [9.17, 15) is 4.79 Å². The van der Waals surface area contributed by atoms with Gasteiger partial charge in [0.15, 0.2) is 0 Å². The lowest BCUT2D eigenvalue weighted by Crippen LogP contribution is -2.05. The fourth-order valence-corrected chi connectivity index (χ4v) is 2.21. The maximum absolute atomic E-state index is 12.5. The van der Waals surface area contributed by atoms with Crippen molar-refractivity contribution in [2.24, 2.45) is 0 Å². The lowest BCUT2D eigenvalue weighted by molar-refractivity contribution is 0.340. The standard InChI is InChI=1S/C18H16O5/c1-3-21-13-7-8-15-16(10-13)22-11-17(18(15)19)23-14-6-4-5-12(9-14)20-2/h4-11H,3H2,1-2H3. The van der Waals surface area contributed by atoms with Crippen LogP contribution in [0, 0.1) is 0 Å². The third kappa shape index (κ3) is 3.13. The summed E-state index contributed by atoms with van der Waals surface area (Å²) in [6.45, 7) is 2.44. The molecular formula is C18H16O5. The molecule has 0 bridgehead atoms. The highest BCUT2D eigenvalue weighted by Crippen LogP contribution is 2.26. The van der Waals surface area contributed by atoms with Gasteiger partial charge < -0.3 is 18.6 Å². The first kappa shape index (κ1) is 15.0. The van der Waals surface area contributed by atoms with Gasteiger partial charge in [-0.2, -0.15) is 0 Å². The second-order valence-corrected chi connectivity index (χ2v) is 4.80. The van der Waals surface area contributed by atoms with Crippen LogP contribution in [0.15, 0.2) is 57.9 Å². The van der Waals surface area contributed by atoms with Crippen LogP contribution in [-0.2, 0) is 0 Å². The second-order valence-electron chi connectivity index (χ2n) is 4.80. The summed E-state index contributed by atoms with van der Waals surface area (Å²) in [6.07, 6.45) is 1.31. The summed E-state index contributed by atoms with van der Waals surface area (Å²) in [6, 6.07) is 12.1. The van der Waals surface area contributed by atoms with Crippen molar-refractivity contribution in [3.63, 3.8) is 0 Å². The van der Waals surface area contributed by atoms with Crippen molar-refractivity contribution in [2.45, 2.75) is 6.92 Å². The van der Waals surface area contributed by atoms with Gasteiger partial charge in [0.05, 0.1) is 19.1 Å². The van der Waals surface area contributed by atoms with E-state index in [0.717, 1.165) is 0 Å². The molecule has 1 heterocycles. The van der Waals surface area contributed by atoms with Gasteiger partial charge in [0.25, 0.3) is 0 Å². The summed E-state index contributed by atoms with van der Waals surface area (Å²) < 4.78 is 21.7. The zero-order valence-electron chi connectivity index (χ0n) is 12.9. The molecule has 5 nitrogen and oxygen atoms in total. The normalized spacial score (nSPS) is 10.5. The maximum Gasteiger partial charge on any atom is 0.235 e. The van der Waals surface area contributed by atoms with Crippen molar-refractivity contribution in [3.8, 4) is 23.0 Å². The fraction of sp³-hybridized carbons (Fsp3) is 0.167. The average molecular weight is 312 g/mol. The third-order valence-electron chi connectivity index (χ3n) is 3.29. The van der Waals surface area contributed by atoms with Crippen LogP contribution in [0.2, 0.25) is 0 Å². The first-order valence-corrected chi connectivity index (χ1v) is 7.21. The van der Waals surface area contributed by atoms with Gasteiger partial charge in [-0.05, 0) is 31.2 Å². The quantitative estimate of drug-likeness (QED) is 0.713. The minimum atomic E-state index is -0.239. The summed E-state index contributed by atoms with van der Waals surface area (Å²) >= 11 is 0. The first-order chi connectivity index (χ1) is 11.2. The van der Waals surface area contributed by atoms with Gasteiger partial charge >= 0.3 is 0 Å². The minimum absolute atomic E-state index is 0.120. The molecule has 0 fully saturated rings. The van der Waals surface area contributed by atoms with Gasteiger partial charge in [-0.25, -0.2) is 0 Å². The highest BCUT2D eigenvalue weighted by atomic mass is 16.5. The van der Waals surface area contributed by atoms with Crippen LogP contribution in [0.3, 0.4) is 0 Å². The molecule has 0 saturated carbocycles. The lowest BCUT2D eigenvalue weighted by Gasteiger charge is -2.08. The van der Waals surface area contributed by atoms with Crippen molar-refractivity contribution in [1.82, 2.24) is 0 Å². The lowest BCUT2D eigenvalue weighted by atomic mass is 10.2. The molecule has 0 amide bonds. The number of ether oxygens (including phenoxy) is 3. The molecule has 0 aliphatic heterocycles. The Kier molecular flexibility index (Phi) is 4.19. The minimum Gasteiger partial charge on any atom is -0.497 e. The summed E-state index contributed by atoms with van der Waals surface area (Å²) in [5.74, 6) is 1.93. The number of benzene rings is 2. The van der Waals surface area contributed by atoms with E-state index >= 15 is 0 Å². The van der Waals surface area contributed by atoms with Gasteiger partial charge in [0, 0.05) is 12.1 Å². The molecule has 0 atom stereocenters. The highest BCUT2D eigenvalue weighted by molar-refractivity contribution is 5.79. The molecule has 0 radical (unpaired) electrons. The molecule has 0 spiro atoms. The molecule has 5 heteroatoms. The number of rotatable bonds is 5. The van der Waals surface area contributed by atoms with Crippen LogP contribution in [0.25, 0.3) is 11.0 Å². The number of fused-ring (bicyclic) bond motifs is 1. The Morgan fingerprint density at radius 3 is 2.65 bits per heavy atom. The van der Waals surface area contributed by atoms with E-state index in [1.165, 1.54) is 6.26 Å². The second kappa shape index (κ2) is 6.44. The number of methoxy groups -OCH3 is 1. The van der Waals surface area contributed by atoms with Gasteiger partial charge in [0.2, 0.25) is 11.2 Å². The summed E-state index contributed by atoms with van der Waals surface area (Å²) in [5, 5.41) is 0.439. The molecule has 0 saturated heterocycles. The average Bonchev–Trinajstić information content (AvgIpc) is 2.58.